The zero-order valence-electron chi connectivity index (χ0n) is 15.8. The van der Waals surface area contributed by atoms with Gasteiger partial charge in [0.2, 0.25) is 5.95 Å². The van der Waals surface area contributed by atoms with Crippen LogP contribution in [0.5, 0.6) is 0 Å². The molecule has 3 aromatic rings. The predicted octanol–water partition coefficient (Wildman–Crippen LogP) is 3.26. The highest BCUT2D eigenvalue weighted by atomic mass is 19.1. The number of nitrogens with one attached hydrogen (secondary N) is 1. The van der Waals surface area contributed by atoms with Gasteiger partial charge in [0, 0.05) is 38.4 Å². The van der Waals surface area contributed by atoms with Crippen molar-refractivity contribution < 1.29 is 4.39 Å². The van der Waals surface area contributed by atoms with E-state index in [1.54, 1.807) is 6.20 Å². The molecule has 4 rings (SSSR count). The minimum absolute atomic E-state index is 0.208. The van der Waals surface area contributed by atoms with E-state index in [1.165, 1.54) is 23.3 Å². The summed E-state index contributed by atoms with van der Waals surface area (Å²) >= 11 is 0. The first-order chi connectivity index (χ1) is 13.7. The first-order valence-electron chi connectivity index (χ1n) is 9.42. The van der Waals surface area contributed by atoms with Crippen molar-refractivity contribution in [3.63, 3.8) is 0 Å². The van der Waals surface area contributed by atoms with Crippen molar-refractivity contribution in [2.24, 2.45) is 0 Å². The Labute approximate surface area is 164 Å². The van der Waals surface area contributed by atoms with E-state index >= 15 is 0 Å². The van der Waals surface area contributed by atoms with E-state index in [-0.39, 0.29) is 5.82 Å². The summed E-state index contributed by atoms with van der Waals surface area (Å²) in [5.41, 5.74) is 3.46. The van der Waals surface area contributed by atoms with Crippen molar-refractivity contribution in [2.45, 2.75) is 13.5 Å². The molecule has 0 spiro atoms. The summed E-state index contributed by atoms with van der Waals surface area (Å²) in [6.45, 7) is 6.08. The maximum absolute atomic E-state index is 13.1. The largest absolute Gasteiger partial charge is 0.368 e. The second kappa shape index (κ2) is 8.21. The van der Waals surface area contributed by atoms with Crippen molar-refractivity contribution in [3.05, 3.63) is 71.7 Å². The standard InChI is InChI=1S/C21H23FN6/c1-16-2-4-17(5-3-16)14-23-21-25-20(15-24-26-21)28-12-10-27(11-13-28)19-8-6-18(22)7-9-19/h2-9,15H,10-14H2,1H3,(H,23,25,26). The molecule has 28 heavy (non-hydrogen) atoms. The molecule has 0 bridgehead atoms. The Morgan fingerprint density at radius 2 is 1.61 bits per heavy atom. The third kappa shape index (κ3) is 4.36. The number of piperazine rings is 1. The molecule has 0 radical (unpaired) electrons. The van der Waals surface area contributed by atoms with Gasteiger partial charge in [-0.05, 0) is 36.8 Å². The van der Waals surface area contributed by atoms with Gasteiger partial charge < -0.3 is 15.1 Å². The van der Waals surface area contributed by atoms with Gasteiger partial charge in [-0.3, -0.25) is 0 Å². The number of anilines is 3. The van der Waals surface area contributed by atoms with Crippen molar-refractivity contribution in [1.82, 2.24) is 15.2 Å². The fourth-order valence-electron chi connectivity index (χ4n) is 3.25. The molecular formula is C21H23FN6. The average Bonchev–Trinajstić information content (AvgIpc) is 2.74. The van der Waals surface area contributed by atoms with Crippen LogP contribution in [0.4, 0.5) is 21.8 Å². The van der Waals surface area contributed by atoms with Crippen LogP contribution in [0.2, 0.25) is 0 Å². The van der Waals surface area contributed by atoms with E-state index in [1.807, 2.05) is 12.1 Å². The lowest BCUT2D eigenvalue weighted by atomic mass is 10.1. The van der Waals surface area contributed by atoms with E-state index in [9.17, 15) is 4.39 Å². The SMILES string of the molecule is Cc1ccc(CNc2nncc(N3CCN(c4ccc(F)cc4)CC3)n2)cc1. The topological polar surface area (TPSA) is 57.2 Å². The number of hydrogen-bond acceptors (Lipinski definition) is 6. The molecule has 1 aromatic heterocycles. The fraction of sp³-hybridized carbons (Fsp3) is 0.286. The number of aromatic nitrogens is 3. The van der Waals surface area contributed by atoms with Crippen LogP contribution < -0.4 is 15.1 Å². The number of nitrogens with zero attached hydrogens (tertiary/aromatic N) is 5. The molecule has 2 aromatic carbocycles. The summed E-state index contributed by atoms with van der Waals surface area (Å²) in [5.74, 6) is 1.14. The van der Waals surface area contributed by atoms with E-state index in [0.717, 1.165) is 37.7 Å². The van der Waals surface area contributed by atoms with E-state index in [4.69, 9.17) is 0 Å². The van der Waals surface area contributed by atoms with Gasteiger partial charge >= 0.3 is 0 Å². The molecular weight excluding hydrogens is 355 g/mol. The zero-order chi connectivity index (χ0) is 19.3. The second-order valence-corrected chi connectivity index (χ2v) is 6.93. The maximum Gasteiger partial charge on any atom is 0.244 e. The highest BCUT2D eigenvalue weighted by Crippen LogP contribution is 2.19. The molecule has 0 saturated carbocycles. The predicted molar refractivity (Wildman–Crippen MR) is 109 cm³/mol. The van der Waals surface area contributed by atoms with Crippen LogP contribution >= 0.6 is 0 Å². The van der Waals surface area contributed by atoms with E-state index in [0.29, 0.717) is 12.5 Å². The molecule has 1 aliphatic rings. The van der Waals surface area contributed by atoms with Crippen LogP contribution in [0.15, 0.2) is 54.7 Å². The molecule has 1 aliphatic heterocycles. The highest BCUT2D eigenvalue weighted by molar-refractivity contribution is 5.49. The van der Waals surface area contributed by atoms with Crippen LogP contribution in [0.3, 0.4) is 0 Å². The fourth-order valence-corrected chi connectivity index (χ4v) is 3.25. The lowest BCUT2D eigenvalue weighted by Gasteiger charge is -2.36. The van der Waals surface area contributed by atoms with Gasteiger partial charge in [-0.15, -0.1) is 5.10 Å². The molecule has 1 fully saturated rings. The number of hydrogen-bond donors (Lipinski definition) is 1. The molecule has 0 atom stereocenters. The molecule has 1 saturated heterocycles. The van der Waals surface area contributed by atoms with Gasteiger partial charge in [-0.25, -0.2) is 4.39 Å². The third-order valence-electron chi connectivity index (χ3n) is 4.91. The van der Waals surface area contributed by atoms with Gasteiger partial charge in [-0.1, -0.05) is 29.8 Å². The lowest BCUT2D eigenvalue weighted by Crippen LogP contribution is -2.47. The normalized spacial score (nSPS) is 14.2. The van der Waals surface area contributed by atoms with Crippen LogP contribution in [0.1, 0.15) is 11.1 Å². The summed E-state index contributed by atoms with van der Waals surface area (Å²) < 4.78 is 13.1. The van der Waals surface area contributed by atoms with E-state index in [2.05, 4.69) is 61.5 Å². The van der Waals surface area contributed by atoms with Crippen LogP contribution in [0, 0.1) is 12.7 Å². The Kier molecular flexibility index (Phi) is 5.32. The average molecular weight is 378 g/mol. The minimum atomic E-state index is -0.208. The molecule has 0 aliphatic carbocycles. The van der Waals surface area contributed by atoms with Gasteiger partial charge in [0.05, 0.1) is 6.20 Å². The Hall–Kier alpha value is -3.22. The second-order valence-electron chi connectivity index (χ2n) is 6.93. The number of benzene rings is 2. The van der Waals surface area contributed by atoms with Crippen molar-refractivity contribution >= 4 is 17.5 Å². The third-order valence-corrected chi connectivity index (χ3v) is 4.91. The van der Waals surface area contributed by atoms with Crippen molar-refractivity contribution in [1.29, 1.82) is 0 Å². The summed E-state index contributed by atoms with van der Waals surface area (Å²) in [7, 11) is 0. The number of rotatable bonds is 5. The summed E-state index contributed by atoms with van der Waals surface area (Å²) in [6, 6.07) is 15.0. The molecule has 6 nitrogen and oxygen atoms in total. The molecule has 2 heterocycles. The minimum Gasteiger partial charge on any atom is -0.368 e. The van der Waals surface area contributed by atoms with Gasteiger partial charge in [0.1, 0.15) is 5.82 Å². The van der Waals surface area contributed by atoms with Gasteiger partial charge in [0.15, 0.2) is 5.82 Å². The Morgan fingerprint density at radius 1 is 0.929 bits per heavy atom. The zero-order valence-corrected chi connectivity index (χ0v) is 15.8. The molecule has 0 unspecified atom stereocenters. The van der Waals surface area contributed by atoms with Crippen LogP contribution in [0.25, 0.3) is 0 Å². The Balaban J connectivity index is 1.35. The number of aryl methyl sites for hydroxylation is 1. The van der Waals surface area contributed by atoms with Crippen molar-refractivity contribution in [3.8, 4) is 0 Å². The Morgan fingerprint density at radius 3 is 2.32 bits per heavy atom. The molecule has 0 amide bonds. The smallest absolute Gasteiger partial charge is 0.244 e. The molecule has 1 N–H and O–H groups in total. The quantitative estimate of drug-likeness (QED) is 0.736. The monoisotopic (exact) mass is 378 g/mol. The lowest BCUT2D eigenvalue weighted by molar-refractivity contribution is 0.624. The van der Waals surface area contributed by atoms with Crippen LogP contribution in [-0.2, 0) is 6.54 Å². The van der Waals surface area contributed by atoms with E-state index < -0.39 is 0 Å². The van der Waals surface area contributed by atoms with Crippen molar-refractivity contribution in [2.75, 3.05) is 41.3 Å². The Bertz CT molecular complexity index is 905. The van der Waals surface area contributed by atoms with Gasteiger partial charge in [0.25, 0.3) is 0 Å². The highest BCUT2D eigenvalue weighted by Gasteiger charge is 2.19. The summed E-state index contributed by atoms with van der Waals surface area (Å²) in [5, 5.41) is 11.4. The first-order valence-corrected chi connectivity index (χ1v) is 9.42. The molecule has 144 valence electrons. The maximum atomic E-state index is 13.1. The first kappa shape index (κ1) is 18.2. The van der Waals surface area contributed by atoms with Gasteiger partial charge in [-0.2, -0.15) is 10.1 Å². The molecule has 7 heteroatoms. The number of halogens is 1. The van der Waals surface area contributed by atoms with Crippen LogP contribution in [-0.4, -0.2) is 41.4 Å². The summed E-state index contributed by atoms with van der Waals surface area (Å²) in [4.78, 5) is 9.06. The summed E-state index contributed by atoms with van der Waals surface area (Å²) in [6.07, 6.45) is 1.70.